The summed E-state index contributed by atoms with van der Waals surface area (Å²) in [4.78, 5) is 11.7. The highest BCUT2D eigenvalue weighted by molar-refractivity contribution is 6.33. The second-order valence-corrected chi connectivity index (χ2v) is 4.82. The van der Waals surface area contributed by atoms with Crippen molar-refractivity contribution in [2.24, 2.45) is 0 Å². The third kappa shape index (κ3) is 3.64. The monoisotopic (exact) mass is 307 g/mol. The Bertz CT molecular complexity index is 676. The second-order valence-electron chi connectivity index (χ2n) is 4.41. The van der Waals surface area contributed by atoms with E-state index in [0.717, 1.165) is 0 Å². The summed E-state index contributed by atoms with van der Waals surface area (Å²) in [5.41, 5.74) is 7.93. The van der Waals surface area contributed by atoms with Crippen LogP contribution in [0.1, 0.15) is 17.3 Å². The first-order chi connectivity index (χ1) is 10.0. The van der Waals surface area contributed by atoms with E-state index in [9.17, 15) is 9.18 Å². The van der Waals surface area contributed by atoms with Crippen LogP contribution in [-0.2, 0) is 0 Å². The Hall–Kier alpha value is -2.27. The van der Waals surface area contributed by atoms with Crippen LogP contribution in [0.3, 0.4) is 0 Å². The predicted molar refractivity (Wildman–Crippen MR) is 83.6 cm³/mol. The minimum atomic E-state index is -0.412. The van der Waals surface area contributed by atoms with Crippen LogP contribution in [0.4, 0.5) is 21.5 Å². The molecule has 0 radical (unpaired) electrons. The maximum atomic E-state index is 13.0. The molecule has 4 N–H and O–H groups in total. The molecule has 21 heavy (non-hydrogen) atoms. The average molecular weight is 308 g/mol. The van der Waals surface area contributed by atoms with Crippen molar-refractivity contribution in [2.45, 2.75) is 6.92 Å². The van der Waals surface area contributed by atoms with Gasteiger partial charge in [0, 0.05) is 12.1 Å². The van der Waals surface area contributed by atoms with Gasteiger partial charge in [0.1, 0.15) is 5.82 Å². The average Bonchev–Trinajstić information content (AvgIpc) is 2.44. The van der Waals surface area contributed by atoms with E-state index in [-0.39, 0.29) is 10.9 Å². The molecule has 6 heteroatoms. The fraction of sp³-hybridized carbons (Fsp3) is 0.133. The Kier molecular flexibility index (Phi) is 4.65. The number of carbonyl (C=O) groups is 1. The molecule has 2 aromatic carbocycles. The van der Waals surface area contributed by atoms with E-state index in [2.05, 4.69) is 10.6 Å². The minimum Gasteiger partial charge on any atom is -0.397 e. The maximum absolute atomic E-state index is 13.0. The molecular formula is C15H15ClFN3O. The van der Waals surface area contributed by atoms with Gasteiger partial charge in [-0.1, -0.05) is 11.6 Å². The topological polar surface area (TPSA) is 67.2 Å². The van der Waals surface area contributed by atoms with Crippen molar-refractivity contribution in [1.29, 1.82) is 0 Å². The Morgan fingerprint density at radius 3 is 2.57 bits per heavy atom. The lowest BCUT2D eigenvalue weighted by Gasteiger charge is -2.12. The molecule has 0 bridgehead atoms. The van der Waals surface area contributed by atoms with Crippen molar-refractivity contribution in [2.75, 3.05) is 17.6 Å². The van der Waals surface area contributed by atoms with Crippen LogP contribution in [0.5, 0.6) is 0 Å². The lowest BCUT2D eigenvalue weighted by atomic mass is 10.1. The molecule has 0 saturated heterocycles. The van der Waals surface area contributed by atoms with Gasteiger partial charge in [0.25, 0.3) is 5.91 Å². The molecule has 2 rings (SSSR count). The number of anilines is 3. The number of benzene rings is 2. The van der Waals surface area contributed by atoms with Crippen molar-refractivity contribution in [3.8, 4) is 0 Å². The third-order valence-electron chi connectivity index (χ3n) is 2.85. The molecule has 0 unspecified atom stereocenters. The highest BCUT2D eigenvalue weighted by atomic mass is 35.5. The predicted octanol–water partition coefficient (Wildman–Crippen LogP) is 3.55. The lowest BCUT2D eigenvalue weighted by molar-refractivity contribution is 0.0956. The largest absolute Gasteiger partial charge is 0.397 e. The summed E-state index contributed by atoms with van der Waals surface area (Å²) in [5.74, 6) is -0.597. The van der Waals surface area contributed by atoms with Gasteiger partial charge in [-0.3, -0.25) is 4.79 Å². The molecule has 0 aliphatic rings. The van der Waals surface area contributed by atoms with E-state index in [0.29, 0.717) is 29.2 Å². The fourth-order valence-electron chi connectivity index (χ4n) is 1.82. The highest BCUT2D eigenvalue weighted by Gasteiger charge is 2.09. The van der Waals surface area contributed by atoms with E-state index in [1.54, 1.807) is 18.2 Å². The summed E-state index contributed by atoms with van der Waals surface area (Å²) >= 11 is 5.95. The van der Waals surface area contributed by atoms with Crippen molar-refractivity contribution in [1.82, 2.24) is 5.32 Å². The first kappa shape index (κ1) is 15.1. The van der Waals surface area contributed by atoms with Gasteiger partial charge in [0.2, 0.25) is 0 Å². The van der Waals surface area contributed by atoms with Gasteiger partial charge in [-0.2, -0.15) is 0 Å². The van der Waals surface area contributed by atoms with Gasteiger partial charge in [-0.25, -0.2) is 4.39 Å². The number of amides is 1. The summed E-state index contributed by atoms with van der Waals surface area (Å²) in [5, 5.41) is 5.96. The molecule has 0 aromatic heterocycles. The van der Waals surface area contributed by atoms with Crippen molar-refractivity contribution < 1.29 is 9.18 Å². The van der Waals surface area contributed by atoms with E-state index in [4.69, 9.17) is 17.3 Å². The maximum Gasteiger partial charge on any atom is 0.251 e. The number of nitrogen functional groups attached to an aromatic ring is 1. The van der Waals surface area contributed by atoms with Crippen LogP contribution in [0, 0.1) is 5.82 Å². The number of rotatable bonds is 4. The molecule has 110 valence electrons. The molecule has 2 aromatic rings. The Balaban J connectivity index is 2.23. The number of halogens is 2. The van der Waals surface area contributed by atoms with Crippen LogP contribution < -0.4 is 16.4 Å². The number of carbonyl (C=O) groups excluding carboxylic acids is 1. The van der Waals surface area contributed by atoms with Crippen LogP contribution in [0.2, 0.25) is 5.02 Å². The highest BCUT2D eigenvalue weighted by Crippen LogP contribution is 2.29. The summed E-state index contributed by atoms with van der Waals surface area (Å²) < 4.78 is 13.0. The summed E-state index contributed by atoms with van der Waals surface area (Å²) in [7, 11) is 0. The van der Waals surface area contributed by atoms with Gasteiger partial charge < -0.3 is 16.4 Å². The molecule has 0 fully saturated rings. The number of nitrogens with one attached hydrogen (secondary N) is 2. The van der Waals surface area contributed by atoms with E-state index >= 15 is 0 Å². The number of hydrogen-bond acceptors (Lipinski definition) is 3. The molecule has 0 atom stereocenters. The quantitative estimate of drug-likeness (QED) is 0.757. The van der Waals surface area contributed by atoms with E-state index in [1.165, 1.54) is 18.2 Å². The normalized spacial score (nSPS) is 10.2. The molecular weight excluding hydrogens is 293 g/mol. The molecule has 4 nitrogen and oxygen atoms in total. The van der Waals surface area contributed by atoms with E-state index < -0.39 is 5.82 Å². The first-order valence-corrected chi connectivity index (χ1v) is 6.79. The zero-order chi connectivity index (χ0) is 15.4. The molecule has 1 amide bonds. The zero-order valence-corrected chi connectivity index (χ0v) is 12.2. The van der Waals surface area contributed by atoms with Gasteiger partial charge in [-0.15, -0.1) is 0 Å². The van der Waals surface area contributed by atoms with Gasteiger partial charge >= 0.3 is 0 Å². The number of hydrogen-bond donors (Lipinski definition) is 3. The van der Waals surface area contributed by atoms with Crippen LogP contribution in [0.15, 0.2) is 36.4 Å². The first-order valence-electron chi connectivity index (χ1n) is 6.41. The van der Waals surface area contributed by atoms with Crippen molar-refractivity contribution >= 4 is 34.6 Å². The zero-order valence-electron chi connectivity index (χ0n) is 11.4. The molecule has 0 aliphatic heterocycles. The Morgan fingerprint density at radius 1 is 1.24 bits per heavy atom. The Labute approximate surface area is 127 Å². The van der Waals surface area contributed by atoms with Crippen molar-refractivity contribution in [3.63, 3.8) is 0 Å². The van der Waals surface area contributed by atoms with Gasteiger partial charge in [0.05, 0.1) is 22.1 Å². The fourth-order valence-corrected chi connectivity index (χ4v) is 2.03. The lowest BCUT2D eigenvalue weighted by Crippen LogP contribution is -2.22. The van der Waals surface area contributed by atoms with Gasteiger partial charge in [-0.05, 0) is 43.3 Å². The molecule has 0 aliphatic carbocycles. The van der Waals surface area contributed by atoms with Crippen LogP contribution in [0.25, 0.3) is 0 Å². The van der Waals surface area contributed by atoms with E-state index in [1.807, 2.05) is 6.92 Å². The molecule has 0 spiro atoms. The van der Waals surface area contributed by atoms with Crippen molar-refractivity contribution in [3.05, 3.63) is 52.8 Å². The SMILES string of the molecule is CCNC(=O)c1ccc(Nc2ccc(F)cc2Cl)c(N)c1. The van der Waals surface area contributed by atoms with Crippen LogP contribution >= 0.6 is 11.6 Å². The summed E-state index contributed by atoms with van der Waals surface area (Å²) in [6.07, 6.45) is 0. The third-order valence-corrected chi connectivity index (χ3v) is 3.16. The summed E-state index contributed by atoms with van der Waals surface area (Å²) in [6.45, 7) is 2.39. The summed E-state index contributed by atoms with van der Waals surface area (Å²) in [6, 6.07) is 8.94. The smallest absolute Gasteiger partial charge is 0.251 e. The number of nitrogens with two attached hydrogens (primary N) is 1. The van der Waals surface area contributed by atoms with Crippen LogP contribution in [-0.4, -0.2) is 12.5 Å². The Morgan fingerprint density at radius 2 is 1.95 bits per heavy atom. The molecule has 0 saturated carbocycles. The second kappa shape index (κ2) is 6.45. The standard InChI is InChI=1S/C15H15ClFN3O/c1-2-19-15(21)9-3-5-14(12(18)7-9)20-13-6-4-10(17)8-11(13)16/h3-8,20H,2,18H2,1H3,(H,19,21). The van der Waals surface area contributed by atoms with Gasteiger partial charge in [0.15, 0.2) is 0 Å². The molecule has 0 heterocycles. The minimum absolute atomic E-state index is 0.185.